The van der Waals surface area contributed by atoms with E-state index in [1.54, 1.807) is 0 Å². The Morgan fingerprint density at radius 2 is 0.521 bits per heavy atom. The Labute approximate surface area is 555 Å². The molecule has 2 aliphatic carbocycles. The van der Waals surface area contributed by atoms with Crippen molar-refractivity contribution >= 4 is 46.3 Å². The molecule has 0 saturated carbocycles. The molecular weight excluding hydrogens is 1130 g/mol. The maximum Gasteiger partial charge on any atom is 0.0714 e. The van der Waals surface area contributed by atoms with Crippen LogP contribution in [-0.4, -0.2) is 0 Å². The summed E-state index contributed by atoms with van der Waals surface area (Å²) in [5, 5.41) is 0. The lowest BCUT2D eigenvalue weighted by molar-refractivity contribution is 0.589. The van der Waals surface area contributed by atoms with Crippen LogP contribution in [0.15, 0.2) is 329 Å². The fourth-order valence-electron chi connectivity index (χ4n) is 15.1. The second-order valence-corrected chi connectivity index (χ2v) is 27.4. The summed E-state index contributed by atoms with van der Waals surface area (Å²) in [5.41, 5.74) is 29.9. The lowest BCUT2D eigenvalue weighted by Gasteiger charge is -2.35. The molecule has 0 saturated heterocycles. The predicted octanol–water partition coefficient (Wildman–Crippen LogP) is 24.6. The van der Waals surface area contributed by atoms with E-state index >= 15 is 0 Å². The van der Waals surface area contributed by atoms with Crippen LogP contribution >= 0.6 is 0 Å². The molecule has 0 radical (unpaired) electrons. The van der Waals surface area contributed by atoms with E-state index in [9.17, 15) is 0 Å². The molecule has 0 heterocycles. The molecule has 2 atom stereocenters. The molecule has 0 bridgehead atoms. The molecule has 13 aromatic rings. The van der Waals surface area contributed by atoms with Crippen molar-refractivity contribution in [3.63, 3.8) is 0 Å². The molecule has 0 aliphatic heterocycles. The fourth-order valence-corrected chi connectivity index (χ4v) is 15.1. The molecule has 0 N–H and O–H groups in total. The highest BCUT2D eigenvalue weighted by Gasteiger charge is 2.48. The number of hydrogen-bond donors (Lipinski definition) is 0. The van der Waals surface area contributed by atoms with E-state index in [4.69, 9.17) is 0 Å². The van der Waals surface area contributed by atoms with Gasteiger partial charge in [-0.05, 0) is 195 Å². The van der Waals surface area contributed by atoms with Crippen LogP contribution < -0.4 is 9.80 Å². The van der Waals surface area contributed by atoms with Crippen molar-refractivity contribution in [2.45, 2.75) is 63.2 Å². The van der Waals surface area contributed by atoms with E-state index in [1.165, 1.54) is 77.9 Å². The molecule has 2 aliphatic rings. The third-order valence-corrected chi connectivity index (χ3v) is 19.9. The zero-order valence-electron chi connectivity index (χ0n) is 54.5. The standard InChI is InChI=1S/C92H76N2/c1-9-63-29-41-71(42-30-63)91(73-49-45-69(46-50-73)89(3,4)5)85-27-19-17-25-81(85)83-59-57-79(61-87(83)91)93(75-21-13-11-14-22-75)77-53-37-67(38-54-77)65-33-35-66(36-34-65)68-39-55-78(56-40-68)94(76-23-15-12-16-24-76)80-58-60-84-82-26-18-20-28-86(82)92(88(84)62-80,72-43-31-64(10-2)32-44-72)74-51-47-70(48-52-74)90(6,7)8/h9-62H,1-2H2,3-8H3. The van der Waals surface area contributed by atoms with Gasteiger partial charge in [0.05, 0.1) is 10.8 Å². The van der Waals surface area contributed by atoms with Gasteiger partial charge in [0.25, 0.3) is 0 Å². The van der Waals surface area contributed by atoms with Crippen molar-refractivity contribution in [2.75, 3.05) is 9.80 Å². The number of benzene rings is 13. The number of nitrogens with zero attached hydrogens (tertiary/aromatic N) is 2. The molecule has 0 aromatic heterocycles. The Morgan fingerprint density at radius 1 is 0.255 bits per heavy atom. The Bertz CT molecular complexity index is 4620. The molecular formula is C92H76N2. The van der Waals surface area contributed by atoms with Crippen molar-refractivity contribution in [3.05, 3.63) is 395 Å². The van der Waals surface area contributed by atoms with Crippen molar-refractivity contribution < 1.29 is 0 Å². The van der Waals surface area contributed by atoms with E-state index in [0.717, 1.165) is 67.5 Å². The Balaban J connectivity index is 0.758. The highest BCUT2D eigenvalue weighted by molar-refractivity contribution is 5.92. The van der Waals surface area contributed by atoms with Gasteiger partial charge in [0.2, 0.25) is 0 Å². The summed E-state index contributed by atoms with van der Waals surface area (Å²) in [7, 11) is 0. The number of hydrogen-bond acceptors (Lipinski definition) is 2. The maximum atomic E-state index is 4.11. The molecule has 0 fully saturated rings. The Kier molecular flexibility index (Phi) is 14.9. The van der Waals surface area contributed by atoms with Crippen LogP contribution in [0, 0.1) is 0 Å². The first-order valence-electron chi connectivity index (χ1n) is 32.9. The summed E-state index contributed by atoms with van der Waals surface area (Å²) >= 11 is 0. The smallest absolute Gasteiger partial charge is 0.0714 e. The SMILES string of the molecule is C=Cc1ccc(C2(c3ccc(C(C)(C)C)cc3)c3ccccc3-c3ccc(N(c4ccccc4)c4ccc(-c5ccc(-c6ccc(N(c7ccccc7)c7ccc8c(c7)C(c7ccc(C=C)cc7)(c7ccc(C(C)(C)C)cc7)c7ccccc7-8)cc6)cc5)cc4)cc32)cc1. The molecule has 454 valence electrons. The van der Waals surface area contributed by atoms with Gasteiger partial charge in [-0.15, -0.1) is 0 Å². The summed E-state index contributed by atoms with van der Waals surface area (Å²) < 4.78 is 0. The minimum atomic E-state index is -0.577. The molecule has 2 heteroatoms. The normalized spacial score (nSPS) is 15.3. The first-order valence-corrected chi connectivity index (χ1v) is 32.9. The summed E-state index contributed by atoms with van der Waals surface area (Å²) in [5.74, 6) is 0. The second kappa shape index (κ2) is 23.6. The van der Waals surface area contributed by atoms with Gasteiger partial charge < -0.3 is 9.80 Å². The quantitative estimate of drug-likeness (QED) is 0.107. The summed E-state index contributed by atoms with van der Waals surface area (Å²) in [4.78, 5) is 4.81. The van der Waals surface area contributed by atoms with E-state index in [-0.39, 0.29) is 10.8 Å². The second-order valence-electron chi connectivity index (χ2n) is 27.4. The zero-order chi connectivity index (χ0) is 64.3. The van der Waals surface area contributed by atoms with Crippen molar-refractivity contribution in [1.29, 1.82) is 0 Å². The summed E-state index contributed by atoms with van der Waals surface area (Å²) in [6.07, 6.45) is 3.86. The van der Waals surface area contributed by atoms with Gasteiger partial charge in [0, 0.05) is 34.1 Å². The van der Waals surface area contributed by atoms with Crippen LogP contribution in [0.2, 0.25) is 0 Å². The van der Waals surface area contributed by atoms with Crippen LogP contribution in [-0.2, 0) is 21.7 Å². The van der Waals surface area contributed by atoms with Gasteiger partial charge in [0.15, 0.2) is 0 Å². The van der Waals surface area contributed by atoms with Crippen molar-refractivity contribution in [3.8, 4) is 44.5 Å². The average molecular weight is 1210 g/mol. The van der Waals surface area contributed by atoms with Crippen LogP contribution in [0.25, 0.3) is 56.7 Å². The minimum absolute atomic E-state index is 0.0186. The topological polar surface area (TPSA) is 6.48 Å². The predicted molar refractivity (Wildman–Crippen MR) is 399 cm³/mol. The molecule has 2 unspecified atom stereocenters. The first-order chi connectivity index (χ1) is 45.7. The average Bonchev–Trinajstić information content (AvgIpc) is 1.52. The van der Waals surface area contributed by atoms with Crippen LogP contribution in [0.3, 0.4) is 0 Å². The van der Waals surface area contributed by atoms with E-state index in [2.05, 4.69) is 380 Å². The highest BCUT2D eigenvalue weighted by Crippen LogP contribution is 2.60. The molecule has 15 rings (SSSR count). The molecule has 2 nitrogen and oxygen atoms in total. The number of anilines is 6. The number of para-hydroxylation sites is 2. The third-order valence-electron chi connectivity index (χ3n) is 19.9. The number of fused-ring (bicyclic) bond motifs is 6. The van der Waals surface area contributed by atoms with Crippen LogP contribution in [0.5, 0.6) is 0 Å². The van der Waals surface area contributed by atoms with Crippen LogP contribution in [0.1, 0.15) is 108 Å². The van der Waals surface area contributed by atoms with Crippen molar-refractivity contribution in [2.24, 2.45) is 0 Å². The minimum Gasteiger partial charge on any atom is -0.310 e. The fraction of sp³-hybridized carbons (Fsp3) is 0.109. The van der Waals surface area contributed by atoms with Gasteiger partial charge >= 0.3 is 0 Å². The van der Waals surface area contributed by atoms with Gasteiger partial charge in [-0.2, -0.15) is 0 Å². The largest absolute Gasteiger partial charge is 0.310 e. The molecule has 94 heavy (non-hydrogen) atoms. The highest BCUT2D eigenvalue weighted by atomic mass is 15.1. The third kappa shape index (κ3) is 10.0. The van der Waals surface area contributed by atoms with E-state index in [0.29, 0.717) is 0 Å². The lowest BCUT2D eigenvalue weighted by atomic mass is 9.67. The molecule has 13 aromatic carbocycles. The van der Waals surface area contributed by atoms with Gasteiger partial charge in [0.1, 0.15) is 0 Å². The lowest BCUT2D eigenvalue weighted by Crippen LogP contribution is -2.29. The first kappa shape index (κ1) is 59.3. The van der Waals surface area contributed by atoms with Crippen molar-refractivity contribution in [1.82, 2.24) is 0 Å². The maximum absolute atomic E-state index is 4.11. The summed E-state index contributed by atoms with van der Waals surface area (Å²) in [6.45, 7) is 21.9. The van der Waals surface area contributed by atoms with Gasteiger partial charge in [-0.25, -0.2) is 0 Å². The Morgan fingerprint density at radius 3 is 0.840 bits per heavy atom. The Hall–Kier alpha value is -11.1. The van der Waals surface area contributed by atoms with Crippen LogP contribution in [0.4, 0.5) is 34.1 Å². The van der Waals surface area contributed by atoms with Gasteiger partial charge in [-0.1, -0.05) is 310 Å². The number of rotatable bonds is 14. The van der Waals surface area contributed by atoms with Gasteiger partial charge in [-0.3, -0.25) is 0 Å². The monoisotopic (exact) mass is 1210 g/mol. The summed E-state index contributed by atoms with van der Waals surface area (Å²) in [6, 6.07) is 118. The molecule has 0 spiro atoms. The van der Waals surface area contributed by atoms with E-state index in [1.807, 2.05) is 12.2 Å². The molecule has 0 amide bonds. The van der Waals surface area contributed by atoms with E-state index < -0.39 is 10.8 Å². The zero-order valence-corrected chi connectivity index (χ0v) is 54.5.